The average molecular weight is 259 g/mol. The molecule has 1 aliphatic rings. The largest absolute Gasteiger partial charge is 0.354 e. The highest BCUT2D eigenvalue weighted by atomic mass is 16.2. The van der Waals surface area contributed by atoms with E-state index in [0.717, 1.165) is 38.2 Å². The van der Waals surface area contributed by atoms with Gasteiger partial charge in [0.1, 0.15) is 0 Å². The highest BCUT2D eigenvalue weighted by molar-refractivity contribution is 5.77. The van der Waals surface area contributed by atoms with Crippen molar-refractivity contribution in [3.8, 4) is 6.07 Å². The van der Waals surface area contributed by atoms with Crippen LogP contribution in [0.5, 0.6) is 0 Å². The van der Waals surface area contributed by atoms with E-state index < -0.39 is 0 Å². The first-order valence-electron chi connectivity index (χ1n) is 6.50. The third-order valence-corrected chi connectivity index (χ3v) is 3.03. The molecule has 0 radical (unpaired) electrons. The molecule has 1 aliphatic heterocycles. The van der Waals surface area contributed by atoms with E-state index in [-0.39, 0.29) is 5.91 Å². The van der Waals surface area contributed by atoms with Gasteiger partial charge in [-0.25, -0.2) is 9.97 Å². The molecule has 0 bridgehead atoms. The molecule has 1 aromatic heterocycles. The van der Waals surface area contributed by atoms with Gasteiger partial charge in [0.15, 0.2) is 0 Å². The summed E-state index contributed by atoms with van der Waals surface area (Å²) < 4.78 is 0. The topological polar surface area (TPSA) is 81.9 Å². The molecular weight excluding hydrogens is 242 g/mol. The summed E-state index contributed by atoms with van der Waals surface area (Å²) in [7, 11) is 0. The van der Waals surface area contributed by atoms with Crippen molar-refractivity contribution in [2.24, 2.45) is 0 Å². The molecule has 0 aromatic carbocycles. The van der Waals surface area contributed by atoms with Crippen molar-refractivity contribution >= 4 is 11.9 Å². The van der Waals surface area contributed by atoms with Crippen LogP contribution in [0.4, 0.5) is 5.95 Å². The molecule has 6 heteroatoms. The number of carbonyl (C=O) groups excluding carboxylic acids is 1. The van der Waals surface area contributed by atoms with Crippen molar-refractivity contribution < 1.29 is 4.79 Å². The second-order valence-electron chi connectivity index (χ2n) is 4.47. The fraction of sp³-hybridized carbons (Fsp3) is 0.538. The van der Waals surface area contributed by atoms with Crippen LogP contribution in [0.25, 0.3) is 0 Å². The standard InChI is InChI=1S/C13H17N5O/c14-6-4-11-5-8-16-13(17-11)15-7-2-10-18-9-1-3-12(18)19/h5,8H,1-4,7,9-10H2,(H,15,16,17). The molecule has 0 spiro atoms. The van der Waals surface area contributed by atoms with Crippen molar-refractivity contribution in [1.82, 2.24) is 14.9 Å². The zero-order valence-corrected chi connectivity index (χ0v) is 10.8. The lowest BCUT2D eigenvalue weighted by atomic mass is 10.3. The third-order valence-electron chi connectivity index (χ3n) is 3.03. The lowest BCUT2D eigenvalue weighted by Gasteiger charge is -2.15. The van der Waals surface area contributed by atoms with E-state index in [2.05, 4.69) is 21.4 Å². The predicted molar refractivity (Wildman–Crippen MR) is 70.3 cm³/mol. The smallest absolute Gasteiger partial charge is 0.222 e. The Labute approximate surface area is 112 Å². The second kappa shape index (κ2) is 6.69. The van der Waals surface area contributed by atoms with Crippen LogP contribution in [0.3, 0.4) is 0 Å². The Morgan fingerprint density at radius 2 is 2.42 bits per heavy atom. The number of nitrogens with zero attached hydrogens (tertiary/aromatic N) is 4. The fourth-order valence-corrected chi connectivity index (χ4v) is 2.07. The summed E-state index contributed by atoms with van der Waals surface area (Å²) in [6.45, 7) is 2.39. The summed E-state index contributed by atoms with van der Waals surface area (Å²) in [5, 5.41) is 11.7. The molecule has 1 amide bonds. The number of anilines is 1. The maximum atomic E-state index is 11.4. The van der Waals surface area contributed by atoms with Crippen LogP contribution in [-0.2, 0) is 11.2 Å². The van der Waals surface area contributed by atoms with Gasteiger partial charge in [-0.05, 0) is 18.9 Å². The Morgan fingerprint density at radius 1 is 1.53 bits per heavy atom. The molecule has 1 saturated heterocycles. The van der Waals surface area contributed by atoms with Crippen molar-refractivity contribution in [2.75, 3.05) is 25.0 Å². The SMILES string of the molecule is N#CCc1ccnc(NCCCN2CCCC2=O)n1. The van der Waals surface area contributed by atoms with E-state index >= 15 is 0 Å². The molecule has 0 atom stereocenters. The molecule has 2 heterocycles. The minimum Gasteiger partial charge on any atom is -0.354 e. The van der Waals surface area contributed by atoms with Gasteiger partial charge in [-0.3, -0.25) is 4.79 Å². The normalized spacial score (nSPS) is 14.5. The molecule has 1 fully saturated rings. The van der Waals surface area contributed by atoms with Gasteiger partial charge in [0, 0.05) is 32.3 Å². The van der Waals surface area contributed by atoms with E-state index in [9.17, 15) is 4.79 Å². The third kappa shape index (κ3) is 3.91. The fourth-order valence-electron chi connectivity index (χ4n) is 2.07. The number of carbonyl (C=O) groups is 1. The van der Waals surface area contributed by atoms with Gasteiger partial charge in [-0.2, -0.15) is 5.26 Å². The van der Waals surface area contributed by atoms with Crippen LogP contribution >= 0.6 is 0 Å². The predicted octanol–water partition coefficient (Wildman–Crippen LogP) is 0.967. The van der Waals surface area contributed by atoms with Crippen LogP contribution < -0.4 is 5.32 Å². The maximum Gasteiger partial charge on any atom is 0.222 e. The zero-order chi connectivity index (χ0) is 13.5. The highest BCUT2D eigenvalue weighted by Crippen LogP contribution is 2.09. The summed E-state index contributed by atoms with van der Waals surface area (Å²) in [6, 6.07) is 3.79. The first-order chi connectivity index (χ1) is 9.29. The van der Waals surface area contributed by atoms with Gasteiger partial charge >= 0.3 is 0 Å². The molecule has 2 rings (SSSR count). The quantitative estimate of drug-likeness (QED) is 0.770. The number of hydrogen-bond donors (Lipinski definition) is 1. The summed E-state index contributed by atoms with van der Waals surface area (Å²) in [6.07, 6.45) is 4.47. The zero-order valence-electron chi connectivity index (χ0n) is 10.8. The number of aromatic nitrogens is 2. The molecular formula is C13H17N5O. The lowest BCUT2D eigenvalue weighted by molar-refractivity contribution is -0.127. The van der Waals surface area contributed by atoms with E-state index in [1.165, 1.54) is 0 Å². The summed E-state index contributed by atoms with van der Waals surface area (Å²) in [4.78, 5) is 21.6. The molecule has 1 aromatic rings. The van der Waals surface area contributed by atoms with Crippen LogP contribution in [0, 0.1) is 11.3 Å². The Hall–Kier alpha value is -2.16. The molecule has 0 aliphatic carbocycles. The Morgan fingerprint density at radius 3 is 3.16 bits per heavy atom. The van der Waals surface area contributed by atoms with Crippen molar-refractivity contribution in [1.29, 1.82) is 5.26 Å². The first-order valence-corrected chi connectivity index (χ1v) is 6.50. The Balaban J connectivity index is 1.72. The number of rotatable bonds is 6. The second-order valence-corrected chi connectivity index (χ2v) is 4.47. The summed E-state index contributed by atoms with van der Waals surface area (Å²) in [5.74, 6) is 0.799. The van der Waals surface area contributed by atoms with E-state index in [1.807, 2.05) is 4.90 Å². The van der Waals surface area contributed by atoms with E-state index in [4.69, 9.17) is 5.26 Å². The minimum atomic E-state index is 0.257. The van der Waals surface area contributed by atoms with Gasteiger partial charge in [0.05, 0.1) is 18.2 Å². The van der Waals surface area contributed by atoms with Gasteiger partial charge in [-0.15, -0.1) is 0 Å². The van der Waals surface area contributed by atoms with Crippen molar-refractivity contribution in [3.63, 3.8) is 0 Å². The van der Waals surface area contributed by atoms with Crippen LogP contribution in [0.2, 0.25) is 0 Å². The lowest BCUT2D eigenvalue weighted by Crippen LogP contribution is -2.27. The molecule has 100 valence electrons. The monoisotopic (exact) mass is 259 g/mol. The van der Waals surface area contributed by atoms with E-state index in [0.29, 0.717) is 18.8 Å². The van der Waals surface area contributed by atoms with Crippen LogP contribution in [-0.4, -0.2) is 40.4 Å². The molecule has 19 heavy (non-hydrogen) atoms. The number of nitrogens with one attached hydrogen (secondary N) is 1. The highest BCUT2D eigenvalue weighted by Gasteiger charge is 2.18. The van der Waals surface area contributed by atoms with Crippen LogP contribution in [0.15, 0.2) is 12.3 Å². The number of nitriles is 1. The number of hydrogen-bond acceptors (Lipinski definition) is 5. The summed E-state index contributed by atoms with van der Waals surface area (Å²) in [5.41, 5.74) is 0.717. The van der Waals surface area contributed by atoms with Crippen molar-refractivity contribution in [2.45, 2.75) is 25.7 Å². The first kappa shape index (κ1) is 13.3. The molecule has 6 nitrogen and oxygen atoms in total. The van der Waals surface area contributed by atoms with Gasteiger partial charge < -0.3 is 10.2 Å². The average Bonchev–Trinajstić information content (AvgIpc) is 2.81. The van der Waals surface area contributed by atoms with Gasteiger partial charge in [0.2, 0.25) is 11.9 Å². The molecule has 0 unspecified atom stereocenters. The van der Waals surface area contributed by atoms with Gasteiger partial charge in [-0.1, -0.05) is 0 Å². The number of likely N-dealkylation sites (tertiary alicyclic amines) is 1. The Bertz CT molecular complexity index is 482. The van der Waals surface area contributed by atoms with E-state index in [1.54, 1.807) is 12.3 Å². The molecule has 0 saturated carbocycles. The van der Waals surface area contributed by atoms with Crippen molar-refractivity contribution in [3.05, 3.63) is 18.0 Å². The van der Waals surface area contributed by atoms with Gasteiger partial charge in [0.25, 0.3) is 0 Å². The maximum absolute atomic E-state index is 11.4. The molecule has 1 N–H and O–H groups in total. The minimum absolute atomic E-state index is 0.257. The Kier molecular flexibility index (Phi) is 4.67. The summed E-state index contributed by atoms with van der Waals surface area (Å²) >= 11 is 0. The number of amides is 1. The van der Waals surface area contributed by atoms with Crippen LogP contribution in [0.1, 0.15) is 25.0 Å².